The van der Waals surface area contributed by atoms with Crippen LogP contribution in [-0.4, -0.2) is 89.4 Å². The van der Waals surface area contributed by atoms with Crippen molar-refractivity contribution in [2.75, 3.05) is 84.5 Å². The molecule has 0 saturated carbocycles. The largest absolute Gasteiger partial charge is 0.506 e. The standard InChI is InChI=1S/C27H49NO7/c1-2-3-4-5-6-7-8-9-25-10-11-27(30)26(24-25)28-12-14-31-16-18-33-20-22-35-23-21-34-19-17-32-15-13-29/h10-11,24,28-30H,2-9,12-23H2,1H3. The van der Waals surface area contributed by atoms with Crippen LogP contribution in [-0.2, 0) is 30.1 Å². The molecule has 3 N–H and O–H groups in total. The minimum atomic E-state index is 0.0312. The molecule has 35 heavy (non-hydrogen) atoms. The van der Waals surface area contributed by atoms with Gasteiger partial charge in [0.25, 0.3) is 0 Å². The fourth-order valence-corrected chi connectivity index (χ4v) is 3.47. The highest BCUT2D eigenvalue weighted by Gasteiger charge is 2.03. The van der Waals surface area contributed by atoms with Crippen molar-refractivity contribution < 1.29 is 33.9 Å². The number of aryl methyl sites for hydroxylation is 1. The van der Waals surface area contributed by atoms with Gasteiger partial charge in [-0.2, -0.15) is 0 Å². The summed E-state index contributed by atoms with van der Waals surface area (Å²) in [7, 11) is 0. The SMILES string of the molecule is CCCCCCCCCc1ccc(O)c(NCCOCCOCCOCCOCCOCCO)c1. The Morgan fingerprint density at radius 3 is 1.74 bits per heavy atom. The fourth-order valence-electron chi connectivity index (χ4n) is 3.47. The van der Waals surface area contributed by atoms with E-state index in [4.69, 9.17) is 28.8 Å². The molecule has 0 unspecified atom stereocenters. The molecule has 0 spiro atoms. The van der Waals surface area contributed by atoms with Gasteiger partial charge >= 0.3 is 0 Å². The molecule has 8 nitrogen and oxygen atoms in total. The number of hydrogen-bond donors (Lipinski definition) is 3. The van der Waals surface area contributed by atoms with Crippen molar-refractivity contribution >= 4 is 5.69 Å². The summed E-state index contributed by atoms with van der Waals surface area (Å²) >= 11 is 0. The van der Waals surface area contributed by atoms with Gasteiger partial charge in [0, 0.05) is 6.54 Å². The molecule has 1 aromatic carbocycles. The van der Waals surface area contributed by atoms with Crippen molar-refractivity contribution in [1.82, 2.24) is 0 Å². The number of anilines is 1. The Morgan fingerprint density at radius 2 is 1.17 bits per heavy atom. The van der Waals surface area contributed by atoms with Gasteiger partial charge in [-0.25, -0.2) is 0 Å². The quantitative estimate of drug-likeness (QED) is 0.129. The molecule has 0 atom stereocenters. The molecule has 0 aliphatic heterocycles. The lowest BCUT2D eigenvalue weighted by atomic mass is 10.0. The van der Waals surface area contributed by atoms with E-state index < -0.39 is 0 Å². The van der Waals surface area contributed by atoms with Gasteiger partial charge in [0.15, 0.2) is 0 Å². The molecule has 8 heteroatoms. The lowest BCUT2D eigenvalue weighted by Crippen LogP contribution is -2.15. The number of rotatable bonds is 26. The lowest BCUT2D eigenvalue weighted by Gasteiger charge is -2.11. The second-order valence-corrected chi connectivity index (χ2v) is 8.44. The molecule has 0 aliphatic rings. The van der Waals surface area contributed by atoms with Gasteiger partial charge in [0.2, 0.25) is 0 Å². The van der Waals surface area contributed by atoms with E-state index in [1.807, 2.05) is 12.1 Å². The van der Waals surface area contributed by atoms with E-state index in [-0.39, 0.29) is 12.4 Å². The van der Waals surface area contributed by atoms with Gasteiger partial charge in [-0.15, -0.1) is 0 Å². The van der Waals surface area contributed by atoms with Crippen molar-refractivity contribution in [3.63, 3.8) is 0 Å². The van der Waals surface area contributed by atoms with Crippen molar-refractivity contribution in [3.05, 3.63) is 23.8 Å². The highest BCUT2D eigenvalue weighted by molar-refractivity contribution is 5.57. The molecule has 1 aromatic rings. The Balaban J connectivity index is 1.94. The second kappa shape index (κ2) is 24.3. The number of aliphatic hydroxyl groups is 1. The maximum absolute atomic E-state index is 10.1. The molecule has 0 aliphatic carbocycles. The molecule has 0 aromatic heterocycles. The minimum absolute atomic E-state index is 0.0312. The summed E-state index contributed by atoms with van der Waals surface area (Å²) in [6.45, 7) is 7.85. The van der Waals surface area contributed by atoms with Crippen LogP contribution in [0.3, 0.4) is 0 Å². The van der Waals surface area contributed by atoms with Crippen LogP contribution in [0.2, 0.25) is 0 Å². The van der Waals surface area contributed by atoms with Crippen molar-refractivity contribution in [2.24, 2.45) is 0 Å². The number of aliphatic hydroxyl groups excluding tert-OH is 1. The number of phenolic OH excluding ortho intramolecular Hbond substituents is 1. The summed E-state index contributed by atoms with van der Waals surface area (Å²) in [4.78, 5) is 0. The maximum atomic E-state index is 10.1. The number of nitrogens with one attached hydrogen (secondary N) is 1. The van der Waals surface area contributed by atoms with E-state index in [1.165, 1.54) is 50.5 Å². The molecule has 0 heterocycles. The normalized spacial score (nSPS) is 11.3. The van der Waals surface area contributed by atoms with Crippen LogP contribution < -0.4 is 5.32 Å². The zero-order valence-electron chi connectivity index (χ0n) is 21.8. The third-order valence-corrected chi connectivity index (χ3v) is 5.42. The first kappa shape index (κ1) is 31.6. The number of benzene rings is 1. The van der Waals surface area contributed by atoms with Crippen LogP contribution in [0.5, 0.6) is 5.75 Å². The van der Waals surface area contributed by atoms with E-state index >= 15 is 0 Å². The van der Waals surface area contributed by atoms with Crippen LogP contribution >= 0.6 is 0 Å². The van der Waals surface area contributed by atoms with E-state index in [0.717, 1.165) is 12.1 Å². The van der Waals surface area contributed by atoms with Gasteiger partial charge in [-0.3, -0.25) is 0 Å². The first-order valence-corrected chi connectivity index (χ1v) is 13.3. The number of ether oxygens (including phenoxy) is 5. The third-order valence-electron chi connectivity index (χ3n) is 5.42. The summed E-state index contributed by atoms with van der Waals surface area (Å²) in [5.41, 5.74) is 2.03. The fraction of sp³-hybridized carbons (Fsp3) is 0.778. The average Bonchev–Trinajstić information content (AvgIpc) is 2.87. The summed E-state index contributed by atoms with van der Waals surface area (Å²) in [6.07, 6.45) is 10.2. The second-order valence-electron chi connectivity index (χ2n) is 8.44. The number of unbranched alkanes of at least 4 members (excludes halogenated alkanes) is 6. The van der Waals surface area contributed by atoms with Gasteiger partial charge in [0.1, 0.15) is 5.75 Å². The average molecular weight is 500 g/mol. The van der Waals surface area contributed by atoms with Gasteiger partial charge in [-0.05, 0) is 30.5 Å². The van der Waals surface area contributed by atoms with Crippen LogP contribution in [0.1, 0.15) is 57.4 Å². The van der Waals surface area contributed by atoms with Gasteiger partial charge in [0.05, 0.1) is 78.4 Å². The molecule has 0 bridgehead atoms. The predicted octanol–water partition coefficient (Wildman–Crippen LogP) is 4.17. The summed E-state index contributed by atoms with van der Waals surface area (Å²) in [5.74, 6) is 0.275. The smallest absolute Gasteiger partial charge is 0.138 e. The molecule has 1 rings (SSSR count). The molecule has 0 radical (unpaired) electrons. The van der Waals surface area contributed by atoms with Crippen LogP contribution in [0.25, 0.3) is 0 Å². The Labute approximate surface area is 212 Å². The topological polar surface area (TPSA) is 98.6 Å². The summed E-state index contributed by atoms with van der Waals surface area (Å²) in [5, 5.41) is 21.9. The molecule has 0 saturated heterocycles. The Morgan fingerprint density at radius 1 is 0.657 bits per heavy atom. The minimum Gasteiger partial charge on any atom is -0.506 e. The van der Waals surface area contributed by atoms with E-state index in [1.54, 1.807) is 6.07 Å². The highest BCUT2D eigenvalue weighted by atomic mass is 16.6. The molecule has 204 valence electrons. The molecule has 0 amide bonds. The Kier molecular flexibility index (Phi) is 21.9. The highest BCUT2D eigenvalue weighted by Crippen LogP contribution is 2.25. The number of aromatic hydroxyl groups is 1. The first-order valence-electron chi connectivity index (χ1n) is 13.3. The van der Waals surface area contributed by atoms with E-state index in [0.29, 0.717) is 72.6 Å². The number of hydrogen-bond acceptors (Lipinski definition) is 8. The molecular formula is C27H49NO7. The Hall–Kier alpha value is -1.42. The lowest BCUT2D eigenvalue weighted by molar-refractivity contribution is -0.0127. The number of phenols is 1. The van der Waals surface area contributed by atoms with Crippen molar-refractivity contribution in [1.29, 1.82) is 0 Å². The van der Waals surface area contributed by atoms with Crippen LogP contribution in [0.15, 0.2) is 18.2 Å². The van der Waals surface area contributed by atoms with Crippen molar-refractivity contribution in [3.8, 4) is 5.75 Å². The van der Waals surface area contributed by atoms with Gasteiger partial charge < -0.3 is 39.2 Å². The Bertz CT molecular complexity index is 589. The zero-order chi connectivity index (χ0) is 25.2. The van der Waals surface area contributed by atoms with Gasteiger partial charge in [-0.1, -0.05) is 51.5 Å². The molecule has 0 fully saturated rings. The van der Waals surface area contributed by atoms with E-state index in [2.05, 4.69) is 12.2 Å². The zero-order valence-corrected chi connectivity index (χ0v) is 21.8. The van der Waals surface area contributed by atoms with Crippen LogP contribution in [0.4, 0.5) is 5.69 Å². The monoisotopic (exact) mass is 499 g/mol. The van der Waals surface area contributed by atoms with Crippen LogP contribution in [0, 0.1) is 0 Å². The van der Waals surface area contributed by atoms with E-state index in [9.17, 15) is 5.11 Å². The first-order chi connectivity index (χ1) is 17.3. The predicted molar refractivity (Wildman–Crippen MR) is 139 cm³/mol. The summed E-state index contributed by atoms with van der Waals surface area (Å²) in [6, 6.07) is 5.83. The summed E-state index contributed by atoms with van der Waals surface area (Å²) < 4.78 is 26.9. The molecular weight excluding hydrogens is 450 g/mol. The van der Waals surface area contributed by atoms with Crippen molar-refractivity contribution in [2.45, 2.75) is 58.3 Å². The maximum Gasteiger partial charge on any atom is 0.138 e. The third kappa shape index (κ3) is 19.4.